The summed E-state index contributed by atoms with van der Waals surface area (Å²) in [5.74, 6) is 1.58. The Morgan fingerprint density at radius 2 is 1.69 bits per heavy atom. The smallest absolute Gasteiger partial charge is 0.128 e. The fraction of sp³-hybridized carbons (Fsp3) is 0.136. The van der Waals surface area contributed by atoms with Crippen molar-refractivity contribution in [2.45, 2.75) is 13.5 Å². The summed E-state index contributed by atoms with van der Waals surface area (Å²) in [6.07, 6.45) is 1.77. The van der Waals surface area contributed by atoms with Gasteiger partial charge in [-0.25, -0.2) is 0 Å². The third-order valence-corrected chi connectivity index (χ3v) is 3.94. The van der Waals surface area contributed by atoms with E-state index in [0.29, 0.717) is 18.2 Å². The zero-order valence-electron chi connectivity index (χ0n) is 14.6. The van der Waals surface area contributed by atoms with Gasteiger partial charge in [-0.15, -0.1) is 0 Å². The Morgan fingerprint density at radius 3 is 2.42 bits per heavy atom. The van der Waals surface area contributed by atoms with Gasteiger partial charge >= 0.3 is 0 Å². The lowest BCUT2D eigenvalue weighted by molar-refractivity contribution is 0.306. The Kier molecular flexibility index (Phi) is 6.29. The highest BCUT2D eigenvalue weighted by Gasteiger charge is 2.04. The van der Waals surface area contributed by atoms with Crippen molar-refractivity contribution >= 4 is 23.5 Å². The number of benzene rings is 3. The van der Waals surface area contributed by atoms with Crippen LogP contribution in [0.1, 0.15) is 18.1 Å². The van der Waals surface area contributed by atoms with Gasteiger partial charge < -0.3 is 9.47 Å². The fourth-order valence-electron chi connectivity index (χ4n) is 2.43. The third kappa shape index (κ3) is 5.11. The molecule has 3 aromatic rings. The normalized spacial score (nSPS) is 10.8. The van der Waals surface area contributed by atoms with Gasteiger partial charge in [-0.05, 0) is 55.0 Å². The van der Waals surface area contributed by atoms with E-state index < -0.39 is 0 Å². The molecule has 4 heteroatoms. The summed E-state index contributed by atoms with van der Waals surface area (Å²) in [6.45, 7) is 3.10. The van der Waals surface area contributed by atoms with Crippen LogP contribution in [0.15, 0.2) is 77.8 Å². The summed E-state index contributed by atoms with van der Waals surface area (Å²) >= 11 is 6.14. The first-order valence-electron chi connectivity index (χ1n) is 8.48. The lowest BCUT2D eigenvalue weighted by Gasteiger charge is -2.09. The van der Waals surface area contributed by atoms with Crippen molar-refractivity contribution in [3.63, 3.8) is 0 Å². The Balaban J connectivity index is 1.74. The molecule has 0 saturated heterocycles. The van der Waals surface area contributed by atoms with Crippen LogP contribution >= 0.6 is 11.6 Å². The number of hydrogen-bond acceptors (Lipinski definition) is 3. The third-order valence-electron chi connectivity index (χ3n) is 3.71. The molecule has 0 aliphatic rings. The number of halogens is 1. The molecule has 0 N–H and O–H groups in total. The predicted octanol–water partition coefficient (Wildman–Crippen LogP) is 6.07. The lowest BCUT2D eigenvalue weighted by Crippen LogP contribution is -1.98. The van der Waals surface area contributed by atoms with Crippen molar-refractivity contribution in [1.29, 1.82) is 0 Å². The minimum atomic E-state index is 0.492. The highest BCUT2D eigenvalue weighted by molar-refractivity contribution is 6.30. The number of aliphatic imine (C=N–C) groups is 1. The average molecular weight is 366 g/mol. The molecule has 0 unspecified atom stereocenters. The summed E-state index contributed by atoms with van der Waals surface area (Å²) < 4.78 is 11.4. The maximum atomic E-state index is 6.14. The Labute approximate surface area is 158 Å². The van der Waals surface area contributed by atoms with Gasteiger partial charge in [0.15, 0.2) is 0 Å². The fourth-order valence-corrected chi connectivity index (χ4v) is 2.61. The highest BCUT2D eigenvalue weighted by atomic mass is 35.5. The van der Waals surface area contributed by atoms with Crippen LogP contribution in [-0.4, -0.2) is 12.8 Å². The number of nitrogens with zero attached hydrogens (tertiary/aromatic N) is 1. The second-order valence-electron chi connectivity index (χ2n) is 5.64. The van der Waals surface area contributed by atoms with Crippen LogP contribution in [0, 0.1) is 0 Å². The zero-order valence-corrected chi connectivity index (χ0v) is 15.3. The van der Waals surface area contributed by atoms with Crippen LogP contribution < -0.4 is 9.47 Å². The molecule has 0 amide bonds. The zero-order chi connectivity index (χ0) is 18.2. The Bertz CT molecular complexity index is 861. The summed E-state index contributed by atoms with van der Waals surface area (Å²) in [4.78, 5) is 4.52. The molecule has 132 valence electrons. The molecular weight excluding hydrogens is 346 g/mol. The SMILES string of the molecule is CCOc1ccc(N=Cc2cc(Cl)ccc2OCc2ccccc2)cc1. The monoisotopic (exact) mass is 365 g/mol. The van der Waals surface area contributed by atoms with Crippen molar-refractivity contribution in [2.24, 2.45) is 4.99 Å². The maximum Gasteiger partial charge on any atom is 0.128 e. The van der Waals surface area contributed by atoms with Crippen LogP contribution in [0.5, 0.6) is 11.5 Å². The maximum absolute atomic E-state index is 6.14. The molecule has 0 radical (unpaired) electrons. The van der Waals surface area contributed by atoms with Crippen molar-refractivity contribution in [3.8, 4) is 11.5 Å². The van der Waals surface area contributed by atoms with Gasteiger partial charge in [0.1, 0.15) is 18.1 Å². The van der Waals surface area contributed by atoms with Crippen LogP contribution in [-0.2, 0) is 6.61 Å². The topological polar surface area (TPSA) is 30.8 Å². The van der Waals surface area contributed by atoms with Crippen LogP contribution in [0.4, 0.5) is 5.69 Å². The van der Waals surface area contributed by atoms with Crippen LogP contribution in [0.3, 0.4) is 0 Å². The second kappa shape index (κ2) is 9.07. The molecule has 0 saturated carbocycles. The van der Waals surface area contributed by atoms with E-state index in [1.807, 2.05) is 79.7 Å². The second-order valence-corrected chi connectivity index (χ2v) is 6.08. The van der Waals surface area contributed by atoms with E-state index in [4.69, 9.17) is 21.1 Å². The van der Waals surface area contributed by atoms with Gasteiger partial charge in [-0.3, -0.25) is 4.99 Å². The standard InChI is InChI=1S/C22H20ClNO2/c1-2-25-21-11-9-20(10-12-21)24-15-18-14-19(23)8-13-22(18)26-16-17-6-4-3-5-7-17/h3-15H,2,16H2,1H3. The van der Waals surface area contributed by atoms with Gasteiger partial charge in [0.05, 0.1) is 12.3 Å². The largest absolute Gasteiger partial charge is 0.494 e. The van der Waals surface area contributed by atoms with Crippen LogP contribution in [0.25, 0.3) is 0 Å². The Hall–Kier alpha value is -2.78. The lowest BCUT2D eigenvalue weighted by atomic mass is 10.2. The summed E-state index contributed by atoms with van der Waals surface area (Å²) in [5.41, 5.74) is 2.78. The van der Waals surface area contributed by atoms with Crippen molar-refractivity contribution < 1.29 is 9.47 Å². The molecule has 26 heavy (non-hydrogen) atoms. The first kappa shape index (κ1) is 18.0. The van der Waals surface area contributed by atoms with Gasteiger partial charge in [0.25, 0.3) is 0 Å². The first-order chi connectivity index (χ1) is 12.7. The van der Waals surface area contributed by atoms with E-state index in [1.165, 1.54) is 0 Å². The van der Waals surface area contributed by atoms with Gasteiger partial charge in [0, 0.05) is 16.8 Å². The summed E-state index contributed by atoms with van der Waals surface area (Å²) in [7, 11) is 0. The van der Waals surface area contributed by atoms with Crippen molar-refractivity contribution in [2.75, 3.05) is 6.61 Å². The first-order valence-corrected chi connectivity index (χ1v) is 8.85. The molecule has 0 spiro atoms. The van der Waals surface area contributed by atoms with Gasteiger partial charge in [-0.2, -0.15) is 0 Å². The molecule has 3 rings (SSSR count). The molecule has 3 nitrogen and oxygen atoms in total. The van der Waals surface area contributed by atoms with Crippen molar-refractivity contribution in [3.05, 3.63) is 88.9 Å². The minimum Gasteiger partial charge on any atom is -0.494 e. The van der Waals surface area contributed by atoms with E-state index in [9.17, 15) is 0 Å². The van der Waals surface area contributed by atoms with Gasteiger partial charge in [0.2, 0.25) is 0 Å². The molecular formula is C22H20ClNO2. The van der Waals surface area contributed by atoms with E-state index in [-0.39, 0.29) is 0 Å². The molecule has 0 heterocycles. The van der Waals surface area contributed by atoms with Gasteiger partial charge in [-0.1, -0.05) is 41.9 Å². The number of hydrogen-bond donors (Lipinski definition) is 0. The van der Waals surface area contributed by atoms with E-state index >= 15 is 0 Å². The average Bonchev–Trinajstić information content (AvgIpc) is 2.68. The molecule has 0 aliphatic carbocycles. The highest BCUT2D eigenvalue weighted by Crippen LogP contribution is 2.24. The minimum absolute atomic E-state index is 0.492. The molecule has 0 atom stereocenters. The van der Waals surface area contributed by atoms with E-state index in [2.05, 4.69) is 4.99 Å². The molecule has 0 aliphatic heterocycles. The molecule has 0 bridgehead atoms. The van der Waals surface area contributed by atoms with Crippen molar-refractivity contribution in [1.82, 2.24) is 0 Å². The quantitative estimate of drug-likeness (QED) is 0.476. The summed E-state index contributed by atoms with van der Waals surface area (Å²) in [5, 5.41) is 0.644. The predicted molar refractivity (Wildman–Crippen MR) is 107 cm³/mol. The Morgan fingerprint density at radius 1 is 0.923 bits per heavy atom. The summed E-state index contributed by atoms with van der Waals surface area (Å²) in [6, 6.07) is 23.2. The molecule has 0 fully saturated rings. The number of rotatable bonds is 7. The van der Waals surface area contributed by atoms with E-state index in [0.717, 1.165) is 28.3 Å². The van der Waals surface area contributed by atoms with Crippen LogP contribution in [0.2, 0.25) is 5.02 Å². The van der Waals surface area contributed by atoms with E-state index in [1.54, 1.807) is 6.21 Å². The molecule has 0 aromatic heterocycles. The molecule has 3 aromatic carbocycles. The number of ether oxygens (including phenoxy) is 2.